The highest BCUT2D eigenvalue weighted by atomic mass is 32.2. The van der Waals surface area contributed by atoms with Crippen LogP contribution in [0.5, 0.6) is 11.5 Å². The fourth-order valence-electron chi connectivity index (χ4n) is 2.77. The Morgan fingerprint density at radius 1 is 1.20 bits per heavy atom. The summed E-state index contributed by atoms with van der Waals surface area (Å²) in [6.07, 6.45) is 0. The number of aryl methyl sites for hydroxylation is 2. The van der Waals surface area contributed by atoms with E-state index in [2.05, 4.69) is 25.9 Å². The number of rotatable bonds is 5. The van der Waals surface area contributed by atoms with Gasteiger partial charge in [0.2, 0.25) is 17.9 Å². The Balaban J connectivity index is 1.32. The number of fused-ring (bicyclic) bond motifs is 1. The normalized spacial score (nSPS) is 12.1. The molecule has 156 valence electrons. The molecule has 1 aromatic carbocycles. The fraction of sp³-hybridized carbons (Fsp3) is 0.235. The summed E-state index contributed by atoms with van der Waals surface area (Å²) in [4.78, 5) is 24.1. The summed E-state index contributed by atoms with van der Waals surface area (Å²) in [6.45, 7) is 3.86. The standard InChI is InChI=1S/C17H18N8O4S/c1-9-5-10(2)25(23-9)16-21-22-17(24(16)18)30-7-14(26)20-15(27)19-11-3-4-12-13(6-11)29-8-28-12/h3-6H,7-8,18H2,1-2H3,(H2,19,20,26,27). The van der Waals surface area contributed by atoms with E-state index in [0.717, 1.165) is 23.1 Å². The van der Waals surface area contributed by atoms with E-state index < -0.39 is 11.9 Å². The summed E-state index contributed by atoms with van der Waals surface area (Å²) in [5.74, 6) is 6.87. The SMILES string of the molecule is Cc1cc(C)n(-c2nnc(SCC(=O)NC(=O)Nc3ccc4c(c3)OCO4)n2N)n1. The van der Waals surface area contributed by atoms with Crippen molar-refractivity contribution < 1.29 is 19.1 Å². The number of thioether (sulfide) groups is 1. The lowest BCUT2D eigenvalue weighted by atomic mass is 10.3. The van der Waals surface area contributed by atoms with Gasteiger partial charge in [0.15, 0.2) is 11.5 Å². The Morgan fingerprint density at radius 3 is 2.77 bits per heavy atom. The Kier molecular flexibility index (Phi) is 5.18. The van der Waals surface area contributed by atoms with E-state index in [-0.39, 0.29) is 12.5 Å². The minimum absolute atomic E-state index is 0.0823. The molecule has 0 saturated heterocycles. The van der Waals surface area contributed by atoms with E-state index >= 15 is 0 Å². The number of imide groups is 1. The molecule has 0 fully saturated rings. The summed E-state index contributed by atoms with van der Waals surface area (Å²) < 4.78 is 13.3. The number of urea groups is 1. The third-order valence-electron chi connectivity index (χ3n) is 4.06. The third-order valence-corrected chi connectivity index (χ3v) is 5.00. The molecule has 3 heterocycles. The molecule has 0 radical (unpaired) electrons. The van der Waals surface area contributed by atoms with Gasteiger partial charge < -0.3 is 20.6 Å². The smallest absolute Gasteiger partial charge is 0.325 e. The van der Waals surface area contributed by atoms with Crippen LogP contribution in [0.1, 0.15) is 11.4 Å². The number of nitrogens with zero attached hydrogens (tertiary/aromatic N) is 5. The highest BCUT2D eigenvalue weighted by Crippen LogP contribution is 2.34. The molecule has 1 aliphatic rings. The second kappa shape index (κ2) is 7.94. The van der Waals surface area contributed by atoms with Crippen molar-refractivity contribution in [3.05, 3.63) is 35.7 Å². The Morgan fingerprint density at radius 2 is 2.00 bits per heavy atom. The van der Waals surface area contributed by atoms with Gasteiger partial charge in [0.05, 0.1) is 11.4 Å². The van der Waals surface area contributed by atoms with Crippen LogP contribution in [0.3, 0.4) is 0 Å². The number of hydrogen-bond donors (Lipinski definition) is 3. The van der Waals surface area contributed by atoms with Crippen LogP contribution in [0.2, 0.25) is 0 Å². The van der Waals surface area contributed by atoms with Crippen LogP contribution >= 0.6 is 11.8 Å². The lowest BCUT2D eigenvalue weighted by Crippen LogP contribution is -2.35. The maximum absolute atomic E-state index is 12.1. The molecular formula is C17H18N8O4S. The molecule has 3 aromatic rings. The summed E-state index contributed by atoms with van der Waals surface area (Å²) in [5.41, 5.74) is 2.13. The van der Waals surface area contributed by atoms with E-state index in [9.17, 15) is 9.59 Å². The number of ether oxygens (including phenoxy) is 2. The molecule has 13 heteroatoms. The fourth-order valence-corrected chi connectivity index (χ4v) is 3.42. The van der Waals surface area contributed by atoms with E-state index in [4.69, 9.17) is 15.3 Å². The number of nitrogen functional groups attached to an aromatic ring is 1. The number of carbonyl (C=O) groups excluding carboxylic acids is 2. The van der Waals surface area contributed by atoms with Gasteiger partial charge in [-0.2, -0.15) is 5.10 Å². The molecule has 3 amide bonds. The quantitative estimate of drug-likeness (QED) is 0.397. The topological polar surface area (TPSA) is 151 Å². The molecule has 30 heavy (non-hydrogen) atoms. The Bertz CT molecular complexity index is 1130. The predicted molar refractivity (Wildman–Crippen MR) is 107 cm³/mol. The zero-order chi connectivity index (χ0) is 21.3. The van der Waals surface area contributed by atoms with Gasteiger partial charge in [0.25, 0.3) is 5.95 Å². The second-order valence-electron chi connectivity index (χ2n) is 6.35. The highest BCUT2D eigenvalue weighted by Gasteiger charge is 2.18. The van der Waals surface area contributed by atoms with Gasteiger partial charge in [-0.15, -0.1) is 10.2 Å². The first-order valence-electron chi connectivity index (χ1n) is 8.78. The van der Waals surface area contributed by atoms with Crippen molar-refractivity contribution in [2.24, 2.45) is 0 Å². The first-order valence-corrected chi connectivity index (χ1v) is 9.76. The predicted octanol–water partition coefficient (Wildman–Crippen LogP) is 0.964. The lowest BCUT2D eigenvalue weighted by molar-refractivity contribution is -0.117. The molecule has 0 aliphatic carbocycles. The number of nitrogens with one attached hydrogen (secondary N) is 2. The van der Waals surface area contributed by atoms with Gasteiger partial charge in [-0.05, 0) is 32.0 Å². The molecule has 0 unspecified atom stereocenters. The molecule has 4 rings (SSSR count). The number of aromatic nitrogens is 5. The van der Waals surface area contributed by atoms with Gasteiger partial charge in [-0.25, -0.2) is 14.2 Å². The second-order valence-corrected chi connectivity index (χ2v) is 7.29. The van der Waals surface area contributed by atoms with Crippen molar-refractivity contribution in [3.8, 4) is 17.4 Å². The molecule has 0 atom stereocenters. The first-order chi connectivity index (χ1) is 14.4. The van der Waals surface area contributed by atoms with Gasteiger partial charge >= 0.3 is 6.03 Å². The summed E-state index contributed by atoms with van der Waals surface area (Å²) in [5, 5.41) is 17.4. The van der Waals surface area contributed by atoms with E-state index in [1.54, 1.807) is 22.9 Å². The molecule has 4 N–H and O–H groups in total. The van der Waals surface area contributed by atoms with Gasteiger partial charge in [-0.1, -0.05) is 11.8 Å². The van der Waals surface area contributed by atoms with E-state index in [1.807, 2.05) is 19.9 Å². The van der Waals surface area contributed by atoms with Crippen LogP contribution < -0.4 is 25.9 Å². The van der Waals surface area contributed by atoms with Crippen LogP contribution in [0, 0.1) is 13.8 Å². The zero-order valence-corrected chi connectivity index (χ0v) is 16.9. The van der Waals surface area contributed by atoms with Crippen molar-refractivity contribution in [1.82, 2.24) is 30.0 Å². The Labute approximate surface area is 174 Å². The zero-order valence-electron chi connectivity index (χ0n) is 16.1. The van der Waals surface area contributed by atoms with Crippen LogP contribution in [0.25, 0.3) is 5.95 Å². The lowest BCUT2D eigenvalue weighted by Gasteiger charge is -2.07. The number of carbonyl (C=O) groups is 2. The minimum atomic E-state index is -0.669. The number of hydrogen-bond acceptors (Lipinski definition) is 9. The number of nitrogens with two attached hydrogens (primary N) is 1. The van der Waals surface area contributed by atoms with Crippen molar-refractivity contribution in [3.63, 3.8) is 0 Å². The van der Waals surface area contributed by atoms with Crippen molar-refractivity contribution in [2.45, 2.75) is 19.0 Å². The average molecular weight is 430 g/mol. The largest absolute Gasteiger partial charge is 0.454 e. The number of benzene rings is 1. The first kappa shape index (κ1) is 19.6. The summed E-state index contributed by atoms with van der Waals surface area (Å²) in [6, 6.07) is 6.14. The highest BCUT2D eigenvalue weighted by molar-refractivity contribution is 7.99. The third kappa shape index (κ3) is 4.00. The van der Waals surface area contributed by atoms with Gasteiger partial charge in [-0.3, -0.25) is 10.1 Å². The van der Waals surface area contributed by atoms with Crippen LogP contribution in [0.4, 0.5) is 10.5 Å². The van der Waals surface area contributed by atoms with Crippen LogP contribution in [-0.4, -0.2) is 49.1 Å². The number of amides is 3. The molecule has 2 aromatic heterocycles. The summed E-state index contributed by atoms with van der Waals surface area (Å²) >= 11 is 1.04. The van der Waals surface area contributed by atoms with Crippen molar-refractivity contribution in [2.75, 3.05) is 23.7 Å². The molecule has 12 nitrogen and oxygen atoms in total. The average Bonchev–Trinajstić information content (AvgIpc) is 3.38. The molecule has 0 bridgehead atoms. The monoisotopic (exact) mass is 430 g/mol. The van der Waals surface area contributed by atoms with E-state index in [1.165, 1.54) is 4.68 Å². The van der Waals surface area contributed by atoms with Crippen LogP contribution in [0.15, 0.2) is 29.4 Å². The van der Waals surface area contributed by atoms with Crippen molar-refractivity contribution >= 4 is 29.4 Å². The van der Waals surface area contributed by atoms with Crippen molar-refractivity contribution in [1.29, 1.82) is 0 Å². The Hall–Kier alpha value is -3.74. The van der Waals surface area contributed by atoms with Crippen LogP contribution in [-0.2, 0) is 4.79 Å². The molecule has 0 spiro atoms. The van der Waals surface area contributed by atoms with Gasteiger partial charge in [0.1, 0.15) is 0 Å². The minimum Gasteiger partial charge on any atom is -0.454 e. The molecule has 0 saturated carbocycles. The van der Waals surface area contributed by atoms with Gasteiger partial charge in [0, 0.05) is 17.4 Å². The molecule has 1 aliphatic heterocycles. The molecular weight excluding hydrogens is 412 g/mol. The number of anilines is 1. The van der Waals surface area contributed by atoms with E-state index in [0.29, 0.717) is 28.3 Å². The maximum atomic E-state index is 12.1. The summed E-state index contributed by atoms with van der Waals surface area (Å²) in [7, 11) is 0. The maximum Gasteiger partial charge on any atom is 0.325 e.